The van der Waals surface area contributed by atoms with Crippen molar-refractivity contribution in [3.05, 3.63) is 30.1 Å². The lowest BCUT2D eigenvalue weighted by atomic mass is 10.2. The highest BCUT2D eigenvalue weighted by molar-refractivity contribution is 5.69. The van der Waals surface area contributed by atoms with Gasteiger partial charge in [0.25, 0.3) is 0 Å². The van der Waals surface area contributed by atoms with E-state index in [-0.39, 0.29) is 18.9 Å². The molecule has 24 heavy (non-hydrogen) atoms. The Balaban J connectivity index is 2.07. The van der Waals surface area contributed by atoms with E-state index in [1.54, 1.807) is 20.8 Å². The van der Waals surface area contributed by atoms with E-state index in [0.717, 1.165) is 0 Å². The molecule has 0 bridgehead atoms. The third-order valence-electron chi connectivity index (χ3n) is 3.29. The van der Waals surface area contributed by atoms with Crippen LogP contribution >= 0.6 is 0 Å². The van der Waals surface area contributed by atoms with E-state index in [1.807, 2.05) is 0 Å². The van der Waals surface area contributed by atoms with Crippen LogP contribution in [0.2, 0.25) is 0 Å². The van der Waals surface area contributed by atoms with Gasteiger partial charge in [-0.25, -0.2) is 9.18 Å². The van der Waals surface area contributed by atoms with E-state index in [2.05, 4.69) is 0 Å². The van der Waals surface area contributed by atoms with E-state index < -0.39 is 29.9 Å². The minimum atomic E-state index is -0.621. The van der Waals surface area contributed by atoms with Crippen LogP contribution in [0.15, 0.2) is 24.3 Å². The topological polar surface area (TPSA) is 65.1 Å². The van der Waals surface area contributed by atoms with Gasteiger partial charge >= 0.3 is 12.1 Å². The van der Waals surface area contributed by atoms with E-state index in [4.69, 9.17) is 14.2 Å². The van der Waals surface area contributed by atoms with E-state index in [1.165, 1.54) is 36.1 Å². The highest BCUT2D eigenvalue weighted by Crippen LogP contribution is 2.23. The van der Waals surface area contributed by atoms with E-state index >= 15 is 0 Å². The van der Waals surface area contributed by atoms with Crippen molar-refractivity contribution < 1.29 is 28.2 Å². The summed E-state index contributed by atoms with van der Waals surface area (Å²) in [5, 5.41) is 0. The average Bonchev–Trinajstić information content (AvgIpc) is 2.82. The molecule has 2 rings (SSSR count). The summed E-state index contributed by atoms with van der Waals surface area (Å²) in [6, 6.07) is 5.51. The first-order valence-electron chi connectivity index (χ1n) is 7.71. The maximum absolute atomic E-state index is 13.0. The van der Waals surface area contributed by atoms with E-state index in [0.29, 0.717) is 5.75 Å². The molecular formula is C17H22FNO5. The quantitative estimate of drug-likeness (QED) is 0.792. The van der Waals surface area contributed by atoms with Crippen molar-refractivity contribution in [1.29, 1.82) is 0 Å². The molecule has 1 saturated heterocycles. The lowest BCUT2D eigenvalue weighted by Crippen LogP contribution is -2.36. The molecule has 0 unspecified atom stereocenters. The third-order valence-corrected chi connectivity index (χ3v) is 3.29. The number of halogens is 1. The first kappa shape index (κ1) is 18.0. The van der Waals surface area contributed by atoms with Gasteiger partial charge in [0.05, 0.1) is 13.1 Å². The minimum Gasteiger partial charge on any atom is -0.485 e. The van der Waals surface area contributed by atoms with E-state index in [9.17, 15) is 14.0 Å². The van der Waals surface area contributed by atoms with Gasteiger partial charge in [0.15, 0.2) is 12.2 Å². The lowest BCUT2D eigenvalue weighted by molar-refractivity contribution is -0.148. The van der Waals surface area contributed by atoms with Crippen molar-refractivity contribution in [3.63, 3.8) is 0 Å². The van der Waals surface area contributed by atoms with Crippen molar-refractivity contribution in [2.75, 3.05) is 13.1 Å². The van der Waals surface area contributed by atoms with Crippen molar-refractivity contribution >= 4 is 12.1 Å². The number of carbonyl (C=O) groups is 2. The van der Waals surface area contributed by atoms with Gasteiger partial charge in [-0.15, -0.1) is 0 Å². The molecule has 132 valence electrons. The molecule has 1 heterocycles. The van der Waals surface area contributed by atoms with Crippen LogP contribution in [0.3, 0.4) is 0 Å². The number of amides is 1. The summed E-state index contributed by atoms with van der Waals surface area (Å²) in [6.45, 7) is 7.01. The Hall–Kier alpha value is -2.31. The number of esters is 1. The average molecular weight is 339 g/mol. The van der Waals surface area contributed by atoms with Crippen LogP contribution in [0.1, 0.15) is 27.7 Å². The molecule has 1 aliphatic rings. The fourth-order valence-corrected chi connectivity index (χ4v) is 2.35. The molecule has 2 atom stereocenters. The Labute approximate surface area is 140 Å². The Kier molecular flexibility index (Phi) is 5.31. The van der Waals surface area contributed by atoms with Crippen LogP contribution in [-0.2, 0) is 14.3 Å². The van der Waals surface area contributed by atoms with Crippen molar-refractivity contribution in [2.45, 2.75) is 45.5 Å². The molecular weight excluding hydrogens is 317 g/mol. The minimum absolute atomic E-state index is 0.181. The Bertz CT molecular complexity index is 596. The molecule has 0 spiro atoms. The van der Waals surface area contributed by atoms with Gasteiger partial charge in [0.2, 0.25) is 0 Å². The summed E-state index contributed by atoms with van der Waals surface area (Å²) in [5.74, 6) is -0.399. The summed E-state index contributed by atoms with van der Waals surface area (Å²) in [4.78, 5) is 24.9. The van der Waals surface area contributed by atoms with Crippen molar-refractivity contribution in [1.82, 2.24) is 4.90 Å². The maximum atomic E-state index is 13.0. The van der Waals surface area contributed by atoms with Crippen LogP contribution in [0.25, 0.3) is 0 Å². The van der Waals surface area contributed by atoms with Gasteiger partial charge in [-0.3, -0.25) is 4.79 Å². The molecule has 6 nitrogen and oxygen atoms in total. The molecule has 1 fully saturated rings. The molecule has 1 amide bonds. The zero-order valence-corrected chi connectivity index (χ0v) is 14.2. The van der Waals surface area contributed by atoms with Crippen LogP contribution in [0.4, 0.5) is 9.18 Å². The van der Waals surface area contributed by atoms with Gasteiger partial charge in [0, 0.05) is 6.92 Å². The zero-order valence-electron chi connectivity index (χ0n) is 14.2. The molecule has 1 aliphatic heterocycles. The summed E-state index contributed by atoms with van der Waals surface area (Å²) in [6.07, 6.45) is -1.66. The smallest absolute Gasteiger partial charge is 0.410 e. The molecule has 0 aromatic heterocycles. The fraction of sp³-hybridized carbons (Fsp3) is 0.529. The number of nitrogens with zero attached hydrogens (tertiary/aromatic N) is 1. The van der Waals surface area contributed by atoms with Crippen molar-refractivity contribution in [2.24, 2.45) is 0 Å². The number of hydrogen-bond acceptors (Lipinski definition) is 5. The Morgan fingerprint density at radius 2 is 1.71 bits per heavy atom. The second-order valence-electron chi connectivity index (χ2n) is 6.64. The van der Waals surface area contributed by atoms with Crippen LogP contribution in [0, 0.1) is 5.82 Å². The Morgan fingerprint density at radius 1 is 1.12 bits per heavy atom. The second-order valence-corrected chi connectivity index (χ2v) is 6.64. The third kappa shape index (κ3) is 5.11. The van der Waals surface area contributed by atoms with Crippen molar-refractivity contribution in [3.8, 4) is 5.75 Å². The fourth-order valence-electron chi connectivity index (χ4n) is 2.35. The maximum Gasteiger partial charge on any atom is 0.410 e. The summed E-state index contributed by atoms with van der Waals surface area (Å²) in [5.41, 5.74) is -0.621. The monoisotopic (exact) mass is 339 g/mol. The normalized spacial score (nSPS) is 20.6. The summed E-state index contributed by atoms with van der Waals surface area (Å²) < 4.78 is 29.3. The summed E-state index contributed by atoms with van der Waals surface area (Å²) in [7, 11) is 0. The summed E-state index contributed by atoms with van der Waals surface area (Å²) >= 11 is 0. The molecule has 0 radical (unpaired) electrons. The Morgan fingerprint density at radius 3 is 2.25 bits per heavy atom. The zero-order chi connectivity index (χ0) is 17.9. The van der Waals surface area contributed by atoms with Crippen LogP contribution in [0.5, 0.6) is 5.75 Å². The predicted molar refractivity (Wildman–Crippen MR) is 84.2 cm³/mol. The molecule has 1 aromatic carbocycles. The largest absolute Gasteiger partial charge is 0.485 e. The SMILES string of the molecule is CC(=O)O[C@@H]1CN(C(=O)OC(C)(C)C)C[C@H]1Oc1ccc(F)cc1. The molecule has 0 saturated carbocycles. The van der Waals surface area contributed by atoms with Gasteiger partial charge in [-0.1, -0.05) is 0 Å². The lowest BCUT2D eigenvalue weighted by Gasteiger charge is -2.24. The first-order chi connectivity index (χ1) is 11.1. The number of rotatable bonds is 3. The molecule has 1 aromatic rings. The van der Waals surface area contributed by atoms with Crippen LogP contribution in [-0.4, -0.2) is 47.9 Å². The highest BCUT2D eigenvalue weighted by atomic mass is 19.1. The van der Waals surface area contributed by atoms with Gasteiger partial charge in [-0.2, -0.15) is 0 Å². The highest BCUT2D eigenvalue weighted by Gasteiger charge is 2.40. The molecule has 0 aliphatic carbocycles. The standard InChI is InChI=1S/C17H22FNO5/c1-11(20)22-14-9-19(16(21)24-17(2,3)4)10-15(14)23-13-7-5-12(18)6-8-13/h5-8,14-15H,9-10H2,1-4H3/t14-,15-/m1/s1. The number of ether oxygens (including phenoxy) is 3. The molecule has 0 N–H and O–H groups in total. The predicted octanol–water partition coefficient (Wildman–Crippen LogP) is 2.76. The number of hydrogen-bond donors (Lipinski definition) is 0. The number of benzene rings is 1. The molecule has 7 heteroatoms. The number of carbonyl (C=O) groups excluding carboxylic acids is 2. The van der Waals surface area contributed by atoms with Crippen LogP contribution < -0.4 is 4.74 Å². The first-order valence-corrected chi connectivity index (χ1v) is 7.71. The van der Waals surface area contributed by atoms with Gasteiger partial charge in [0.1, 0.15) is 17.2 Å². The van der Waals surface area contributed by atoms with Gasteiger partial charge < -0.3 is 19.1 Å². The van der Waals surface area contributed by atoms with Gasteiger partial charge in [-0.05, 0) is 45.0 Å². The number of likely N-dealkylation sites (tertiary alicyclic amines) is 1. The second kappa shape index (κ2) is 7.07.